The molecule has 0 radical (unpaired) electrons. The highest BCUT2D eigenvalue weighted by molar-refractivity contribution is 8.00. The number of carbonyl (C=O) groups excluding carboxylic acids is 1. The first-order valence-corrected chi connectivity index (χ1v) is 15.1. The molecule has 10 heteroatoms. The van der Waals surface area contributed by atoms with Crippen molar-refractivity contribution in [3.63, 3.8) is 0 Å². The molecular weight excluding hydrogens is 544 g/mol. The molecule has 0 spiro atoms. The summed E-state index contributed by atoms with van der Waals surface area (Å²) in [6.07, 6.45) is 7.04. The van der Waals surface area contributed by atoms with Crippen LogP contribution in [0.1, 0.15) is 58.1 Å². The Morgan fingerprint density at radius 2 is 1.68 bits per heavy atom. The molecule has 8 nitrogen and oxygen atoms in total. The molecule has 0 aliphatic heterocycles. The SMILES string of the molecule is CCCCCCCCn1c(S[C@H](C)C(=O)Nc2c(C)n(C)n(-c3ccccc3)c2=O)nnc1-c1ccc(Cl)cc1. The zero-order chi connectivity index (χ0) is 28.6. The Kier molecular flexibility index (Phi) is 10.3. The number of anilines is 1. The summed E-state index contributed by atoms with van der Waals surface area (Å²) in [6, 6.07) is 16.9. The standard InChI is InChI=1S/C30H37ClN6O2S/c1-5-6-7-8-9-13-20-36-27(23-16-18-24(31)19-17-23)33-34-30(36)40-22(3)28(38)32-26-21(2)35(4)37(29(26)39)25-14-11-10-12-15-25/h10-12,14-19,22H,5-9,13,20H2,1-4H3,(H,32,38)/t22-/m1/s1. The number of thioether (sulfide) groups is 1. The van der Waals surface area contributed by atoms with Crippen LogP contribution >= 0.6 is 23.4 Å². The maximum atomic E-state index is 13.3. The number of unbranched alkanes of at least 4 members (excludes halogenated alkanes) is 5. The molecule has 4 aromatic rings. The first kappa shape index (κ1) is 29.7. The number of amides is 1. The van der Waals surface area contributed by atoms with Crippen molar-refractivity contribution in [2.24, 2.45) is 7.05 Å². The van der Waals surface area contributed by atoms with E-state index in [0.29, 0.717) is 15.9 Å². The van der Waals surface area contributed by atoms with Gasteiger partial charge in [-0.3, -0.25) is 14.3 Å². The summed E-state index contributed by atoms with van der Waals surface area (Å²) in [6.45, 7) is 6.62. The van der Waals surface area contributed by atoms with Gasteiger partial charge in [0.2, 0.25) is 5.91 Å². The maximum Gasteiger partial charge on any atom is 0.295 e. The van der Waals surface area contributed by atoms with Gasteiger partial charge in [0, 0.05) is 24.2 Å². The summed E-state index contributed by atoms with van der Waals surface area (Å²) in [5.74, 6) is 0.489. The van der Waals surface area contributed by atoms with Crippen molar-refractivity contribution >= 4 is 35.0 Å². The lowest BCUT2D eigenvalue weighted by Crippen LogP contribution is -2.27. The molecule has 0 aliphatic carbocycles. The number of nitrogens with one attached hydrogen (secondary N) is 1. The minimum absolute atomic E-state index is 0.266. The van der Waals surface area contributed by atoms with Gasteiger partial charge in [-0.1, -0.05) is 80.6 Å². The Hall–Kier alpha value is -3.30. The van der Waals surface area contributed by atoms with Crippen LogP contribution in [0.4, 0.5) is 5.69 Å². The second-order valence-corrected chi connectivity index (χ2v) is 11.7. The number of carbonyl (C=O) groups is 1. The average molecular weight is 581 g/mol. The summed E-state index contributed by atoms with van der Waals surface area (Å²) in [5.41, 5.74) is 2.34. The zero-order valence-corrected chi connectivity index (χ0v) is 25.1. The Labute approximate surface area is 244 Å². The maximum absolute atomic E-state index is 13.3. The van der Waals surface area contributed by atoms with Crippen molar-refractivity contribution in [1.82, 2.24) is 24.1 Å². The van der Waals surface area contributed by atoms with Crippen LogP contribution in [-0.4, -0.2) is 35.3 Å². The van der Waals surface area contributed by atoms with E-state index in [1.165, 1.54) is 37.4 Å². The van der Waals surface area contributed by atoms with Crippen LogP contribution in [-0.2, 0) is 18.4 Å². The lowest BCUT2D eigenvalue weighted by molar-refractivity contribution is -0.115. The highest BCUT2D eigenvalue weighted by Gasteiger charge is 2.24. The topological polar surface area (TPSA) is 86.7 Å². The molecule has 1 N–H and O–H groups in total. The van der Waals surface area contributed by atoms with Crippen LogP contribution in [0.25, 0.3) is 17.1 Å². The van der Waals surface area contributed by atoms with Gasteiger partial charge in [-0.05, 0) is 56.7 Å². The van der Waals surface area contributed by atoms with Gasteiger partial charge in [0.1, 0.15) is 5.69 Å². The highest BCUT2D eigenvalue weighted by atomic mass is 35.5. The van der Waals surface area contributed by atoms with E-state index in [9.17, 15) is 9.59 Å². The lowest BCUT2D eigenvalue weighted by atomic mass is 10.1. The van der Waals surface area contributed by atoms with Crippen LogP contribution in [0.5, 0.6) is 0 Å². The number of nitrogens with zero attached hydrogens (tertiary/aromatic N) is 5. The summed E-state index contributed by atoms with van der Waals surface area (Å²) in [7, 11) is 1.81. The number of aromatic nitrogens is 5. The summed E-state index contributed by atoms with van der Waals surface area (Å²) >= 11 is 7.45. The third-order valence-electron chi connectivity index (χ3n) is 7.01. The van der Waals surface area contributed by atoms with Crippen LogP contribution in [0.2, 0.25) is 5.02 Å². The fourth-order valence-corrected chi connectivity index (χ4v) is 5.59. The number of para-hydroxylation sites is 1. The van der Waals surface area contributed by atoms with Gasteiger partial charge in [-0.25, -0.2) is 4.68 Å². The van der Waals surface area contributed by atoms with Crippen LogP contribution < -0.4 is 10.9 Å². The van der Waals surface area contributed by atoms with E-state index in [4.69, 9.17) is 11.6 Å². The summed E-state index contributed by atoms with van der Waals surface area (Å²) < 4.78 is 5.40. The van der Waals surface area contributed by atoms with Gasteiger partial charge in [0.25, 0.3) is 5.56 Å². The molecule has 0 saturated carbocycles. The first-order valence-electron chi connectivity index (χ1n) is 13.8. The Balaban J connectivity index is 1.52. The zero-order valence-electron chi connectivity index (χ0n) is 23.6. The van der Waals surface area contributed by atoms with Gasteiger partial charge in [0.05, 0.1) is 16.6 Å². The van der Waals surface area contributed by atoms with Crippen molar-refractivity contribution < 1.29 is 4.79 Å². The predicted molar refractivity (Wildman–Crippen MR) is 164 cm³/mol. The van der Waals surface area contributed by atoms with Crippen molar-refractivity contribution in [2.45, 2.75) is 76.2 Å². The van der Waals surface area contributed by atoms with E-state index in [0.717, 1.165) is 36.5 Å². The largest absolute Gasteiger partial charge is 0.319 e. The normalized spacial score (nSPS) is 12.0. The Morgan fingerprint density at radius 1 is 1.00 bits per heavy atom. The van der Waals surface area contributed by atoms with Crippen molar-refractivity contribution in [1.29, 1.82) is 0 Å². The fraction of sp³-hybridized carbons (Fsp3) is 0.400. The van der Waals surface area contributed by atoms with E-state index in [1.807, 2.05) is 68.4 Å². The molecule has 2 heterocycles. The van der Waals surface area contributed by atoms with E-state index in [2.05, 4.69) is 27.0 Å². The van der Waals surface area contributed by atoms with Gasteiger partial charge in [-0.15, -0.1) is 10.2 Å². The van der Waals surface area contributed by atoms with Crippen molar-refractivity contribution in [3.05, 3.63) is 75.7 Å². The molecule has 4 rings (SSSR count). The van der Waals surface area contributed by atoms with Gasteiger partial charge in [0.15, 0.2) is 11.0 Å². The number of hydrogen-bond acceptors (Lipinski definition) is 5. The van der Waals surface area contributed by atoms with E-state index in [-0.39, 0.29) is 17.2 Å². The highest BCUT2D eigenvalue weighted by Crippen LogP contribution is 2.29. The molecule has 40 heavy (non-hydrogen) atoms. The summed E-state index contributed by atoms with van der Waals surface area (Å²) in [4.78, 5) is 26.6. The molecule has 0 aliphatic rings. The Bertz CT molecular complexity index is 1480. The molecule has 212 valence electrons. The number of hydrogen-bond donors (Lipinski definition) is 1. The number of benzene rings is 2. The van der Waals surface area contributed by atoms with Crippen LogP contribution in [0.15, 0.2) is 64.5 Å². The molecule has 1 atom stereocenters. The molecule has 0 fully saturated rings. The van der Waals surface area contributed by atoms with Crippen LogP contribution in [0.3, 0.4) is 0 Å². The molecule has 0 saturated heterocycles. The quantitative estimate of drug-likeness (QED) is 0.138. The number of rotatable bonds is 13. The summed E-state index contributed by atoms with van der Waals surface area (Å²) in [5, 5.41) is 12.6. The smallest absolute Gasteiger partial charge is 0.295 e. The van der Waals surface area contributed by atoms with Crippen molar-refractivity contribution in [3.8, 4) is 17.1 Å². The van der Waals surface area contributed by atoms with E-state index < -0.39 is 5.25 Å². The minimum atomic E-state index is -0.505. The molecule has 1 amide bonds. The van der Waals surface area contributed by atoms with Gasteiger partial charge >= 0.3 is 0 Å². The lowest BCUT2D eigenvalue weighted by Gasteiger charge is -2.14. The fourth-order valence-electron chi connectivity index (χ4n) is 4.59. The second kappa shape index (κ2) is 13.9. The molecular formula is C30H37ClN6O2S. The Morgan fingerprint density at radius 3 is 2.38 bits per heavy atom. The third-order valence-corrected chi connectivity index (χ3v) is 8.34. The second-order valence-electron chi connectivity index (χ2n) is 9.92. The molecule has 2 aromatic heterocycles. The first-order chi connectivity index (χ1) is 19.3. The van der Waals surface area contributed by atoms with Gasteiger partial charge < -0.3 is 9.88 Å². The monoisotopic (exact) mass is 580 g/mol. The van der Waals surface area contributed by atoms with E-state index in [1.54, 1.807) is 16.4 Å². The van der Waals surface area contributed by atoms with Gasteiger partial charge in [-0.2, -0.15) is 0 Å². The van der Waals surface area contributed by atoms with E-state index >= 15 is 0 Å². The van der Waals surface area contributed by atoms with Crippen molar-refractivity contribution in [2.75, 3.05) is 5.32 Å². The molecule has 0 unspecified atom stereocenters. The molecule has 0 bridgehead atoms. The molecule has 2 aromatic carbocycles. The number of halogens is 1. The average Bonchev–Trinajstić information content (AvgIpc) is 3.44. The third kappa shape index (κ3) is 6.88. The predicted octanol–water partition coefficient (Wildman–Crippen LogP) is 6.88. The minimum Gasteiger partial charge on any atom is -0.319 e. The van der Waals surface area contributed by atoms with Crippen LogP contribution in [0, 0.1) is 6.92 Å².